The summed E-state index contributed by atoms with van der Waals surface area (Å²) in [5.74, 6) is 1.02. The molecule has 6 nitrogen and oxygen atoms in total. The lowest BCUT2D eigenvalue weighted by Gasteiger charge is -2.41. The lowest BCUT2D eigenvalue weighted by Crippen LogP contribution is -2.55. The Balaban J connectivity index is 1.79. The molecule has 0 bridgehead atoms. The summed E-state index contributed by atoms with van der Waals surface area (Å²) in [6.45, 7) is 3.83. The molecule has 2 aliphatic rings. The third-order valence-corrected chi connectivity index (χ3v) is 6.90. The van der Waals surface area contributed by atoms with Gasteiger partial charge >= 0.3 is 0 Å². The predicted octanol–water partition coefficient (Wildman–Crippen LogP) is 2.41. The quantitative estimate of drug-likeness (QED) is 0.548. The average molecular weight is 443 g/mol. The van der Waals surface area contributed by atoms with Gasteiger partial charge in [-0.3, -0.25) is 0 Å². The Bertz CT molecular complexity index is 936. The molecule has 0 saturated carbocycles. The van der Waals surface area contributed by atoms with Crippen LogP contribution in [0.4, 0.5) is 0 Å². The number of aliphatic hydroxyl groups is 4. The van der Waals surface area contributed by atoms with Crippen molar-refractivity contribution in [3.05, 3.63) is 63.7 Å². The van der Waals surface area contributed by atoms with Crippen LogP contribution in [-0.4, -0.2) is 58.6 Å². The zero-order valence-electron chi connectivity index (χ0n) is 19.0. The summed E-state index contributed by atoms with van der Waals surface area (Å²) in [5.41, 5.74) is 7.05. The maximum Gasteiger partial charge on any atom is 0.118 e. The van der Waals surface area contributed by atoms with Crippen LogP contribution >= 0.6 is 0 Å². The zero-order chi connectivity index (χ0) is 23.0. The smallest absolute Gasteiger partial charge is 0.118 e. The van der Waals surface area contributed by atoms with Crippen molar-refractivity contribution in [2.75, 3.05) is 13.7 Å². The van der Waals surface area contributed by atoms with Crippen LogP contribution in [0.1, 0.15) is 65.7 Å². The molecule has 1 aliphatic heterocycles. The molecule has 1 heterocycles. The van der Waals surface area contributed by atoms with Gasteiger partial charge in [-0.25, -0.2) is 0 Å². The van der Waals surface area contributed by atoms with Crippen molar-refractivity contribution < 1.29 is 29.9 Å². The maximum atomic E-state index is 10.8. The minimum atomic E-state index is -1.38. The number of methoxy groups -OCH3 is 1. The fourth-order valence-corrected chi connectivity index (χ4v) is 5.32. The third-order valence-electron chi connectivity index (χ3n) is 6.90. The highest BCUT2D eigenvalue weighted by Gasteiger charge is 2.45. The molecule has 1 fully saturated rings. The topological polar surface area (TPSA) is 99.4 Å². The van der Waals surface area contributed by atoms with Crippen LogP contribution in [0.5, 0.6) is 5.75 Å². The summed E-state index contributed by atoms with van der Waals surface area (Å²) in [6.07, 6.45) is -1.93. The van der Waals surface area contributed by atoms with E-state index in [9.17, 15) is 20.4 Å². The van der Waals surface area contributed by atoms with Gasteiger partial charge in [-0.1, -0.05) is 32.0 Å². The van der Waals surface area contributed by atoms with E-state index in [1.807, 2.05) is 12.1 Å². The number of benzene rings is 2. The van der Waals surface area contributed by atoms with E-state index < -0.39 is 37.1 Å². The lowest BCUT2D eigenvalue weighted by atomic mass is 9.80. The molecule has 5 atom stereocenters. The Morgan fingerprint density at radius 1 is 1.00 bits per heavy atom. The molecule has 4 rings (SSSR count). The number of ether oxygens (including phenoxy) is 2. The molecule has 174 valence electrons. The molecule has 4 N–H and O–H groups in total. The summed E-state index contributed by atoms with van der Waals surface area (Å²) >= 11 is 0. The van der Waals surface area contributed by atoms with Crippen LogP contribution in [0.15, 0.2) is 30.3 Å². The van der Waals surface area contributed by atoms with Gasteiger partial charge in [0.1, 0.15) is 36.3 Å². The van der Waals surface area contributed by atoms with Gasteiger partial charge in [-0.15, -0.1) is 0 Å². The van der Waals surface area contributed by atoms with Crippen molar-refractivity contribution in [3.8, 4) is 5.75 Å². The van der Waals surface area contributed by atoms with E-state index in [0.29, 0.717) is 0 Å². The van der Waals surface area contributed by atoms with Crippen molar-refractivity contribution >= 4 is 0 Å². The first-order valence-corrected chi connectivity index (χ1v) is 11.5. The van der Waals surface area contributed by atoms with Gasteiger partial charge in [-0.05, 0) is 77.1 Å². The van der Waals surface area contributed by atoms with Crippen LogP contribution < -0.4 is 4.74 Å². The van der Waals surface area contributed by atoms with Crippen molar-refractivity contribution in [1.82, 2.24) is 0 Å². The van der Waals surface area contributed by atoms with Crippen molar-refractivity contribution in [2.24, 2.45) is 0 Å². The van der Waals surface area contributed by atoms with Crippen LogP contribution in [0.2, 0.25) is 0 Å². The van der Waals surface area contributed by atoms with E-state index in [4.69, 9.17) is 9.47 Å². The molecule has 2 aromatic rings. The molecule has 1 saturated heterocycles. The molecule has 0 unspecified atom stereocenters. The maximum absolute atomic E-state index is 10.8. The first kappa shape index (κ1) is 23.2. The van der Waals surface area contributed by atoms with Gasteiger partial charge in [0, 0.05) is 0 Å². The highest BCUT2D eigenvalue weighted by Crippen LogP contribution is 2.42. The number of aliphatic hydroxyl groups excluding tert-OH is 4. The van der Waals surface area contributed by atoms with E-state index in [-0.39, 0.29) is 5.92 Å². The monoisotopic (exact) mass is 442 g/mol. The molecule has 32 heavy (non-hydrogen) atoms. The van der Waals surface area contributed by atoms with E-state index in [1.54, 1.807) is 7.11 Å². The standard InChI is InChI=1S/C26H34O6/c1-14(2)22-19-6-4-5-18(19)16(11-15-7-9-17(31-3)10-8-15)12-20(22)26-25(30)24(29)23(28)21(13-27)32-26/h7-10,12,14,21,23-30H,4-6,11,13H2,1-3H3/t21-,23+,24+,25+,26+/m1/s1. The van der Waals surface area contributed by atoms with Gasteiger partial charge < -0.3 is 29.9 Å². The number of hydrogen-bond acceptors (Lipinski definition) is 6. The molecule has 1 aliphatic carbocycles. The van der Waals surface area contributed by atoms with Crippen molar-refractivity contribution in [2.45, 2.75) is 76.0 Å². The predicted molar refractivity (Wildman–Crippen MR) is 121 cm³/mol. The van der Waals surface area contributed by atoms with Gasteiger partial charge in [0.15, 0.2) is 0 Å². The summed E-state index contributed by atoms with van der Waals surface area (Å²) in [5, 5.41) is 41.2. The fourth-order valence-electron chi connectivity index (χ4n) is 5.32. The lowest BCUT2D eigenvalue weighted by molar-refractivity contribution is -0.232. The Morgan fingerprint density at radius 2 is 1.69 bits per heavy atom. The molecule has 0 spiro atoms. The van der Waals surface area contributed by atoms with Crippen molar-refractivity contribution in [1.29, 1.82) is 0 Å². The average Bonchev–Trinajstić information content (AvgIpc) is 3.28. The molecular weight excluding hydrogens is 408 g/mol. The first-order chi connectivity index (χ1) is 15.3. The summed E-state index contributed by atoms with van der Waals surface area (Å²) in [7, 11) is 1.65. The normalized spacial score (nSPS) is 27.6. The Morgan fingerprint density at radius 3 is 2.31 bits per heavy atom. The first-order valence-electron chi connectivity index (χ1n) is 11.5. The second kappa shape index (κ2) is 9.49. The van der Waals surface area contributed by atoms with E-state index in [0.717, 1.165) is 48.1 Å². The molecule has 2 aromatic carbocycles. The molecule has 0 amide bonds. The highest BCUT2D eigenvalue weighted by atomic mass is 16.5. The van der Waals surface area contributed by atoms with Gasteiger partial charge in [0.25, 0.3) is 0 Å². The summed E-state index contributed by atoms with van der Waals surface area (Å²) < 4.78 is 11.3. The SMILES string of the molecule is COc1ccc(Cc2cc([C@@H]3O[C@H](CO)[C@H](O)[C@H](O)[C@@H]3O)c(C(C)C)c3c2CCC3)cc1. The van der Waals surface area contributed by atoms with Crippen LogP contribution in [0, 0.1) is 0 Å². The second-order valence-electron chi connectivity index (χ2n) is 9.28. The zero-order valence-corrected chi connectivity index (χ0v) is 19.0. The Kier molecular flexibility index (Phi) is 6.89. The fraction of sp³-hybridized carbons (Fsp3) is 0.538. The Labute approximate surface area is 189 Å². The number of rotatable bonds is 6. The number of hydrogen-bond donors (Lipinski definition) is 4. The minimum Gasteiger partial charge on any atom is -0.497 e. The van der Waals surface area contributed by atoms with Gasteiger partial charge in [-0.2, -0.15) is 0 Å². The Hall–Kier alpha value is -1.96. The summed E-state index contributed by atoms with van der Waals surface area (Å²) in [6, 6.07) is 10.1. The minimum absolute atomic E-state index is 0.208. The van der Waals surface area contributed by atoms with E-state index in [1.165, 1.54) is 16.7 Å². The van der Waals surface area contributed by atoms with Crippen molar-refractivity contribution in [3.63, 3.8) is 0 Å². The number of fused-ring (bicyclic) bond motifs is 1. The molecule has 6 heteroatoms. The van der Waals surface area contributed by atoms with Gasteiger partial charge in [0.2, 0.25) is 0 Å². The van der Waals surface area contributed by atoms with Crippen LogP contribution in [-0.2, 0) is 24.0 Å². The van der Waals surface area contributed by atoms with Crippen LogP contribution in [0.25, 0.3) is 0 Å². The van der Waals surface area contributed by atoms with Gasteiger partial charge in [0.05, 0.1) is 13.7 Å². The second-order valence-corrected chi connectivity index (χ2v) is 9.28. The molecular formula is C26H34O6. The van der Waals surface area contributed by atoms with Crippen LogP contribution in [0.3, 0.4) is 0 Å². The summed E-state index contributed by atoms with van der Waals surface area (Å²) in [4.78, 5) is 0. The van der Waals surface area contributed by atoms with E-state index in [2.05, 4.69) is 32.0 Å². The molecule has 0 radical (unpaired) electrons. The highest BCUT2D eigenvalue weighted by molar-refractivity contribution is 5.52. The largest absolute Gasteiger partial charge is 0.497 e. The molecule has 0 aromatic heterocycles. The third kappa shape index (κ3) is 4.18. The van der Waals surface area contributed by atoms with E-state index >= 15 is 0 Å².